The van der Waals surface area contributed by atoms with Crippen LogP contribution in [0.5, 0.6) is 0 Å². The number of hydrogen-bond acceptors (Lipinski definition) is 10. The van der Waals surface area contributed by atoms with E-state index < -0.39 is 17.5 Å². The van der Waals surface area contributed by atoms with Gasteiger partial charge >= 0.3 is 0 Å². The molecule has 0 spiro atoms. The van der Waals surface area contributed by atoms with Gasteiger partial charge in [-0.15, -0.1) is 11.3 Å². The SMILES string of the molecule is C[C@@H]1C[C@@H](C(=O)NCc2cc3cnc(N)cc3s2)n2c1ncc(NC(=O)c1ccc(N3CC4CCC(C3)N4C3COC3)cc1)c2=O. The van der Waals surface area contributed by atoms with Gasteiger partial charge in [0.1, 0.15) is 23.4 Å². The number of nitrogens with two attached hydrogens (primary N) is 1. The number of carbonyl (C=O) groups excluding carboxylic acids is 2. The number of carbonyl (C=O) groups is 2. The molecule has 7 heterocycles. The number of nitrogens with one attached hydrogen (secondary N) is 2. The maximum atomic E-state index is 13.6. The van der Waals surface area contributed by atoms with Crippen LogP contribution in [0.1, 0.15) is 59.2 Å². The van der Waals surface area contributed by atoms with Gasteiger partial charge in [0.15, 0.2) is 0 Å². The molecule has 4 aliphatic heterocycles. The van der Waals surface area contributed by atoms with Crippen LogP contribution in [0.2, 0.25) is 0 Å². The minimum Gasteiger partial charge on any atom is -0.384 e. The first-order chi connectivity index (χ1) is 22.3. The highest BCUT2D eigenvalue weighted by atomic mass is 32.1. The molecule has 13 heteroatoms. The molecule has 2 unspecified atom stereocenters. The second-order valence-electron chi connectivity index (χ2n) is 12.9. The van der Waals surface area contributed by atoms with Crippen molar-refractivity contribution in [3.05, 3.63) is 75.4 Å². The first-order valence-corrected chi connectivity index (χ1v) is 16.7. The lowest BCUT2D eigenvalue weighted by molar-refractivity contribution is -0.124. The monoisotopic (exact) mass is 640 g/mol. The third kappa shape index (κ3) is 5.12. The van der Waals surface area contributed by atoms with Gasteiger partial charge in [-0.1, -0.05) is 6.92 Å². The fourth-order valence-electron chi connectivity index (χ4n) is 7.54. The van der Waals surface area contributed by atoms with Crippen molar-refractivity contribution in [1.82, 2.24) is 24.8 Å². The average molecular weight is 641 g/mol. The quantitative estimate of drug-likeness (QED) is 0.277. The number of thiophene rings is 1. The number of pyridine rings is 1. The summed E-state index contributed by atoms with van der Waals surface area (Å²) in [5.41, 5.74) is 6.96. The van der Waals surface area contributed by atoms with Crippen LogP contribution in [0.3, 0.4) is 0 Å². The summed E-state index contributed by atoms with van der Waals surface area (Å²) in [4.78, 5) is 54.9. The average Bonchev–Trinajstić information content (AvgIpc) is 3.66. The molecule has 4 atom stereocenters. The van der Waals surface area contributed by atoms with E-state index in [1.54, 1.807) is 18.3 Å². The van der Waals surface area contributed by atoms with E-state index in [0.717, 1.165) is 47.0 Å². The summed E-state index contributed by atoms with van der Waals surface area (Å²) >= 11 is 1.54. The van der Waals surface area contributed by atoms with Gasteiger partial charge in [-0.05, 0) is 55.7 Å². The molecular formula is C33H36N8O4S. The van der Waals surface area contributed by atoms with Gasteiger partial charge in [0, 0.05) is 63.5 Å². The summed E-state index contributed by atoms with van der Waals surface area (Å²) in [5.74, 6) is 0.240. The van der Waals surface area contributed by atoms with Gasteiger partial charge in [-0.25, -0.2) is 9.97 Å². The second-order valence-corrected chi connectivity index (χ2v) is 14.0. The molecule has 2 amide bonds. The van der Waals surface area contributed by atoms with Gasteiger partial charge < -0.3 is 26.0 Å². The summed E-state index contributed by atoms with van der Waals surface area (Å²) in [6.45, 7) is 5.89. The summed E-state index contributed by atoms with van der Waals surface area (Å²) in [6, 6.07) is 12.3. The minimum atomic E-state index is -0.722. The number of benzene rings is 1. The minimum absolute atomic E-state index is 0.0481. The lowest BCUT2D eigenvalue weighted by Crippen LogP contribution is -2.62. The molecule has 12 nitrogen and oxygen atoms in total. The standard InChI is InChI=1S/C33H36N8O4S/c1-18-8-27(32(43)37-12-25-9-20-11-35-29(34)10-28(20)46-25)41-30(18)36-13-26(33(41)44)38-31(42)19-2-4-21(5-3-19)39-14-22-6-7-23(15-39)40(22)24-16-45-17-24/h2-5,9-11,13,18,22-24,27H,6-8,12,14-17H2,1H3,(H2,34,35)(H,37,43)(H,38,42)/t18-,22?,23?,27+/m1/s1. The van der Waals surface area contributed by atoms with Gasteiger partial charge in [0.25, 0.3) is 11.5 Å². The fourth-order valence-corrected chi connectivity index (χ4v) is 8.56. The summed E-state index contributed by atoms with van der Waals surface area (Å²) < 4.78 is 7.87. The molecule has 238 valence electrons. The van der Waals surface area contributed by atoms with Crippen molar-refractivity contribution in [2.75, 3.05) is 42.3 Å². The number of nitrogens with zero attached hydrogens (tertiary/aromatic N) is 5. The first kappa shape index (κ1) is 29.1. The number of hydrogen-bond donors (Lipinski definition) is 3. The first-order valence-electron chi connectivity index (χ1n) is 15.9. The summed E-state index contributed by atoms with van der Waals surface area (Å²) in [6.07, 6.45) is 5.99. The molecule has 3 aromatic heterocycles. The van der Waals surface area contributed by atoms with E-state index in [2.05, 4.69) is 30.4 Å². The van der Waals surface area contributed by atoms with Crippen LogP contribution in [0, 0.1) is 0 Å². The molecule has 3 fully saturated rings. The lowest BCUT2D eigenvalue weighted by atomic mass is 10.1. The number of anilines is 3. The van der Waals surface area contributed by atoms with Gasteiger partial charge in [0.05, 0.1) is 32.0 Å². The van der Waals surface area contributed by atoms with Crippen molar-refractivity contribution in [3.8, 4) is 0 Å². The van der Waals surface area contributed by atoms with Crippen LogP contribution in [0.15, 0.2) is 53.6 Å². The van der Waals surface area contributed by atoms with Crippen molar-refractivity contribution in [3.63, 3.8) is 0 Å². The van der Waals surface area contributed by atoms with Crippen molar-refractivity contribution in [1.29, 1.82) is 0 Å². The third-order valence-electron chi connectivity index (χ3n) is 9.89. The van der Waals surface area contributed by atoms with Gasteiger partial charge in [0.2, 0.25) is 5.91 Å². The Morgan fingerprint density at radius 1 is 1.04 bits per heavy atom. The molecule has 0 saturated carbocycles. The highest BCUT2D eigenvalue weighted by Crippen LogP contribution is 2.36. The van der Waals surface area contributed by atoms with Crippen molar-refractivity contribution < 1.29 is 14.3 Å². The van der Waals surface area contributed by atoms with Crippen molar-refractivity contribution in [2.45, 2.75) is 62.8 Å². The van der Waals surface area contributed by atoms with Gasteiger partial charge in [-0.3, -0.25) is 23.9 Å². The molecule has 4 aliphatic rings. The van der Waals surface area contributed by atoms with E-state index in [1.165, 1.54) is 34.9 Å². The highest BCUT2D eigenvalue weighted by Gasteiger charge is 2.45. The summed E-state index contributed by atoms with van der Waals surface area (Å²) in [7, 11) is 0. The Kier molecular flexibility index (Phi) is 7.26. The topological polar surface area (TPSA) is 148 Å². The zero-order valence-electron chi connectivity index (χ0n) is 25.5. The Labute approximate surface area is 269 Å². The van der Waals surface area contributed by atoms with E-state index in [0.29, 0.717) is 48.3 Å². The van der Waals surface area contributed by atoms with E-state index >= 15 is 0 Å². The Morgan fingerprint density at radius 3 is 2.52 bits per heavy atom. The molecule has 46 heavy (non-hydrogen) atoms. The van der Waals surface area contributed by atoms with Crippen LogP contribution in [0.25, 0.3) is 10.1 Å². The number of ether oxygens (including phenoxy) is 1. The van der Waals surface area contributed by atoms with Crippen LogP contribution in [-0.4, -0.2) is 75.7 Å². The maximum absolute atomic E-state index is 13.6. The molecular weight excluding hydrogens is 604 g/mol. The molecule has 0 aliphatic carbocycles. The molecule has 2 bridgehead atoms. The van der Waals surface area contributed by atoms with E-state index in [4.69, 9.17) is 10.5 Å². The number of piperazine rings is 1. The Hall–Kier alpha value is -4.33. The Balaban J connectivity index is 0.936. The molecule has 3 saturated heterocycles. The van der Waals surface area contributed by atoms with Crippen LogP contribution < -0.4 is 26.8 Å². The van der Waals surface area contributed by atoms with Crippen LogP contribution in [0.4, 0.5) is 17.2 Å². The van der Waals surface area contributed by atoms with E-state index in [9.17, 15) is 14.4 Å². The molecule has 4 N–H and O–H groups in total. The zero-order chi connectivity index (χ0) is 31.5. The third-order valence-corrected chi connectivity index (χ3v) is 11.0. The fraction of sp³-hybridized carbons (Fsp3) is 0.424. The second kappa shape index (κ2) is 11.5. The number of rotatable bonds is 7. The normalized spacial score (nSPS) is 24.2. The predicted molar refractivity (Wildman–Crippen MR) is 176 cm³/mol. The maximum Gasteiger partial charge on any atom is 0.278 e. The van der Waals surface area contributed by atoms with Crippen molar-refractivity contribution >= 4 is 50.4 Å². The van der Waals surface area contributed by atoms with Gasteiger partial charge in [-0.2, -0.15) is 0 Å². The molecule has 8 rings (SSSR count). The molecule has 1 aromatic carbocycles. The molecule has 4 aromatic rings. The molecule has 0 radical (unpaired) electrons. The highest BCUT2D eigenvalue weighted by molar-refractivity contribution is 7.19. The van der Waals surface area contributed by atoms with E-state index in [1.807, 2.05) is 31.2 Å². The van der Waals surface area contributed by atoms with Crippen molar-refractivity contribution in [2.24, 2.45) is 0 Å². The number of nitrogen functional groups attached to an aromatic ring is 1. The number of amides is 2. The Bertz CT molecular complexity index is 1870. The number of aromatic nitrogens is 3. The van der Waals surface area contributed by atoms with E-state index in [-0.39, 0.29) is 17.5 Å². The van der Waals surface area contributed by atoms with Crippen LogP contribution in [-0.2, 0) is 16.1 Å². The Morgan fingerprint density at radius 2 is 1.80 bits per heavy atom. The zero-order valence-corrected chi connectivity index (χ0v) is 26.3. The van der Waals surface area contributed by atoms with Crippen LogP contribution >= 0.6 is 11.3 Å². The predicted octanol–water partition coefficient (Wildman–Crippen LogP) is 3.10. The lowest BCUT2D eigenvalue weighted by Gasteiger charge is -2.48. The largest absolute Gasteiger partial charge is 0.384 e. The number of fused-ring (bicyclic) bond motifs is 4. The summed E-state index contributed by atoms with van der Waals surface area (Å²) in [5, 5.41) is 6.69. The smallest absolute Gasteiger partial charge is 0.278 e.